The largest absolute Gasteiger partial charge is 0.480 e. The Bertz CT molecular complexity index is 307. The fourth-order valence-corrected chi connectivity index (χ4v) is 1.99. The molecule has 1 saturated carbocycles. The smallest absolute Gasteiger partial charge is 0.329 e. The molecule has 3 N–H and O–H groups in total. The van der Waals surface area contributed by atoms with Crippen molar-refractivity contribution in [3.8, 4) is 0 Å². The summed E-state index contributed by atoms with van der Waals surface area (Å²) in [5, 5.41) is 14.5. The van der Waals surface area contributed by atoms with Crippen molar-refractivity contribution >= 4 is 12.0 Å². The van der Waals surface area contributed by atoms with Gasteiger partial charge in [-0.15, -0.1) is 0 Å². The topological polar surface area (TPSA) is 78.4 Å². The van der Waals surface area contributed by atoms with Gasteiger partial charge in [-0.25, -0.2) is 9.59 Å². The summed E-state index contributed by atoms with van der Waals surface area (Å²) in [6.45, 7) is 5.30. The number of carbonyl (C=O) groups is 2. The van der Waals surface area contributed by atoms with Gasteiger partial charge in [0.25, 0.3) is 0 Å². The third-order valence-electron chi connectivity index (χ3n) is 3.93. The van der Waals surface area contributed by atoms with Crippen molar-refractivity contribution in [1.82, 2.24) is 10.6 Å². The Labute approximate surface area is 102 Å². The maximum absolute atomic E-state index is 11.8. The van der Waals surface area contributed by atoms with Crippen LogP contribution >= 0.6 is 0 Å². The molecule has 1 rings (SSSR count). The van der Waals surface area contributed by atoms with E-state index in [2.05, 4.69) is 10.6 Å². The van der Waals surface area contributed by atoms with Gasteiger partial charge in [-0.1, -0.05) is 13.8 Å². The molecule has 1 fully saturated rings. The molecular formula is C12H22N2O3. The molecule has 2 amide bonds. The van der Waals surface area contributed by atoms with Gasteiger partial charge in [-0.3, -0.25) is 0 Å². The van der Waals surface area contributed by atoms with Gasteiger partial charge in [0.15, 0.2) is 0 Å². The van der Waals surface area contributed by atoms with E-state index in [-0.39, 0.29) is 11.6 Å². The quantitative estimate of drug-likeness (QED) is 0.688. The number of rotatable bonds is 5. The average molecular weight is 242 g/mol. The third-order valence-corrected chi connectivity index (χ3v) is 3.93. The molecule has 0 spiro atoms. The van der Waals surface area contributed by atoms with Gasteiger partial charge in [0.1, 0.15) is 5.54 Å². The van der Waals surface area contributed by atoms with Crippen molar-refractivity contribution in [3.05, 3.63) is 0 Å². The first-order valence-corrected chi connectivity index (χ1v) is 6.21. The van der Waals surface area contributed by atoms with Gasteiger partial charge < -0.3 is 15.7 Å². The highest BCUT2D eigenvalue weighted by molar-refractivity contribution is 5.86. The van der Waals surface area contributed by atoms with Gasteiger partial charge in [-0.05, 0) is 39.0 Å². The molecule has 98 valence electrons. The molecule has 0 saturated heterocycles. The Morgan fingerprint density at radius 3 is 2.24 bits per heavy atom. The first kappa shape index (κ1) is 13.8. The Kier molecular flexibility index (Phi) is 4.01. The van der Waals surface area contributed by atoms with Crippen LogP contribution in [-0.4, -0.2) is 28.2 Å². The van der Waals surface area contributed by atoms with Crippen LogP contribution in [0.2, 0.25) is 0 Å². The molecule has 0 aromatic rings. The normalized spacial score (nSPS) is 20.9. The highest BCUT2D eigenvalue weighted by atomic mass is 16.4. The molecule has 1 aliphatic rings. The van der Waals surface area contributed by atoms with Gasteiger partial charge in [0.2, 0.25) is 0 Å². The first-order chi connectivity index (χ1) is 7.87. The van der Waals surface area contributed by atoms with Gasteiger partial charge in [0, 0.05) is 5.54 Å². The summed E-state index contributed by atoms with van der Waals surface area (Å²) in [5.41, 5.74) is -1.31. The van der Waals surface area contributed by atoms with Gasteiger partial charge in [-0.2, -0.15) is 0 Å². The molecule has 1 unspecified atom stereocenters. The maximum atomic E-state index is 11.8. The molecule has 0 aromatic carbocycles. The molecule has 5 nitrogen and oxygen atoms in total. The molecule has 1 atom stereocenters. The minimum atomic E-state index is -1.19. The van der Waals surface area contributed by atoms with E-state index >= 15 is 0 Å². The van der Waals surface area contributed by atoms with Crippen molar-refractivity contribution in [2.45, 2.75) is 64.0 Å². The minimum Gasteiger partial charge on any atom is -0.480 e. The van der Waals surface area contributed by atoms with E-state index < -0.39 is 11.5 Å². The van der Waals surface area contributed by atoms with Crippen LogP contribution in [0.4, 0.5) is 4.79 Å². The predicted octanol–water partition coefficient (Wildman–Crippen LogP) is 1.87. The lowest BCUT2D eigenvalue weighted by Crippen LogP contribution is -2.61. The van der Waals surface area contributed by atoms with E-state index in [1.807, 2.05) is 6.92 Å². The Morgan fingerprint density at radius 2 is 1.94 bits per heavy atom. The predicted molar refractivity (Wildman–Crippen MR) is 64.9 cm³/mol. The zero-order valence-electron chi connectivity index (χ0n) is 10.8. The van der Waals surface area contributed by atoms with Gasteiger partial charge >= 0.3 is 12.0 Å². The number of aliphatic carboxylic acids is 1. The van der Waals surface area contributed by atoms with Crippen LogP contribution in [0.5, 0.6) is 0 Å². The zero-order valence-corrected chi connectivity index (χ0v) is 10.8. The first-order valence-electron chi connectivity index (χ1n) is 6.21. The SMILES string of the molecule is CCC1(NC(=O)NC(C)(CC)C(=O)O)CCC1. The summed E-state index contributed by atoms with van der Waals surface area (Å²) >= 11 is 0. The lowest BCUT2D eigenvalue weighted by molar-refractivity contribution is -0.143. The van der Waals surface area contributed by atoms with E-state index in [4.69, 9.17) is 5.11 Å². The van der Waals surface area contributed by atoms with Crippen molar-refractivity contribution < 1.29 is 14.7 Å². The Morgan fingerprint density at radius 1 is 1.35 bits per heavy atom. The number of amides is 2. The second kappa shape index (κ2) is 4.94. The summed E-state index contributed by atoms with van der Waals surface area (Å²) in [4.78, 5) is 22.9. The standard InChI is InChI=1S/C12H22N2O3/c1-4-11(3,9(15)16)13-10(17)14-12(5-2)7-6-8-12/h4-8H2,1-3H3,(H,15,16)(H2,13,14,17). The Balaban J connectivity index is 2.57. The van der Waals surface area contributed by atoms with Crippen LogP contribution in [0.25, 0.3) is 0 Å². The molecule has 0 aliphatic heterocycles. The van der Waals surface area contributed by atoms with Crippen molar-refractivity contribution in [3.63, 3.8) is 0 Å². The lowest BCUT2D eigenvalue weighted by Gasteiger charge is -2.42. The molecule has 0 heterocycles. The molecule has 1 aliphatic carbocycles. The number of hydrogen-bond donors (Lipinski definition) is 3. The molecular weight excluding hydrogens is 220 g/mol. The molecule has 17 heavy (non-hydrogen) atoms. The lowest BCUT2D eigenvalue weighted by atomic mass is 9.75. The van der Waals surface area contributed by atoms with Crippen LogP contribution in [0.15, 0.2) is 0 Å². The average Bonchev–Trinajstić information content (AvgIpc) is 2.23. The second-order valence-electron chi connectivity index (χ2n) is 5.06. The summed E-state index contributed by atoms with van der Waals surface area (Å²) in [7, 11) is 0. The van der Waals surface area contributed by atoms with Crippen LogP contribution in [0.1, 0.15) is 52.9 Å². The van der Waals surface area contributed by atoms with Crippen LogP contribution < -0.4 is 10.6 Å². The second-order valence-corrected chi connectivity index (χ2v) is 5.06. The molecule has 5 heteroatoms. The summed E-state index contributed by atoms with van der Waals surface area (Å²) in [6.07, 6.45) is 4.32. The number of carboxylic acid groups (broad SMARTS) is 1. The minimum absolute atomic E-state index is 0.114. The molecule has 0 aromatic heterocycles. The maximum Gasteiger partial charge on any atom is 0.329 e. The van der Waals surface area contributed by atoms with Crippen LogP contribution in [0, 0.1) is 0 Å². The number of carboxylic acids is 1. The fraction of sp³-hybridized carbons (Fsp3) is 0.833. The highest BCUT2D eigenvalue weighted by Gasteiger charge is 2.39. The van der Waals surface area contributed by atoms with Crippen LogP contribution in [0.3, 0.4) is 0 Å². The summed E-state index contributed by atoms with van der Waals surface area (Å²) in [6, 6.07) is -0.377. The summed E-state index contributed by atoms with van der Waals surface area (Å²) < 4.78 is 0. The van der Waals surface area contributed by atoms with E-state index in [9.17, 15) is 9.59 Å². The van der Waals surface area contributed by atoms with E-state index in [0.29, 0.717) is 6.42 Å². The summed E-state index contributed by atoms with van der Waals surface area (Å²) in [5.74, 6) is -1.01. The molecule has 0 bridgehead atoms. The van der Waals surface area contributed by atoms with E-state index in [0.717, 1.165) is 25.7 Å². The molecule has 0 radical (unpaired) electrons. The highest BCUT2D eigenvalue weighted by Crippen LogP contribution is 2.34. The monoisotopic (exact) mass is 242 g/mol. The van der Waals surface area contributed by atoms with Crippen molar-refractivity contribution in [2.75, 3.05) is 0 Å². The number of carbonyl (C=O) groups excluding carboxylic acids is 1. The fourth-order valence-electron chi connectivity index (χ4n) is 1.99. The van der Waals surface area contributed by atoms with E-state index in [1.54, 1.807) is 6.92 Å². The number of hydrogen-bond acceptors (Lipinski definition) is 2. The Hall–Kier alpha value is -1.26. The number of nitrogens with one attached hydrogen (secondary N) is 2. The number of urea groups is 1. The van der Waals surface area contributed by atoms with E-state index in [1.165, 1.54) is 6.92 Å². The van der Waals surface area contributed by atoms with Crippen molar-refractivity contribution in [1.29, 1.82) is 0 Å². The van der Waals surface area contributed by atoms with Crippen LogP contribution in [-0.2, 0) is 4.79 Å². The zero-order chi connectivity index (χ0) is 13.1. The van der Waals surface area contributed by atoms with Crippen molar-refractivity contribution in [2.24, 2.45) is 0 Å². The third kappa shape index (κ3) is 2.90. The van der Waals surface area contributed by atoms with Gasteiger partial charge in [0.05, 0.1) is 0 Å².